The van der Waals surface area contributed by atoms with Gasteiger partial charge in [0.2, 0.25) is 0 Å². The van der Waals surface area contributed by atoms with Gasteiger partial charge < -0.3 is 14.8 Å². The Morgan fingerprint density at radius 3 is 2.33 bits per heavy atom. The maximum absolute atomic E-state index is 5.35. The second kappa shape index (κ2) is 7.08. The molecular formula is C15H22N4O2. The lowest BCUT2D eigenvalue weighted by molar-refractivity contribution is 0.392. The van der Waals surface area contributed by atoms with Crippen LogP contribution in [0.5, 0.6) is 11.5 Å². The fourth-order valence-corrected chi connectivity index (χ4v) is 2.24. The van der Waals surface area contributed by atoms with E-state index in [0.29, 0.717) is 0 Å². The minimum atomic E-state index is -0.00560. The Kier molecular flexibility index (Phi) is 5.16. The molecule has 0 saturated heterocycles. The summed E-state index contributed by atoms with van der Waals surface area (Å²) < 4.78 is 12.5. The zero-order valence-corrected chi connectivity index (χ0v) is 13.0. The Morgan fingerprint density at radius 1 is 1.19 bits per heavy atom. The lowest BCUT2D eigenvalue weighted by atomic mass is 10.0. The van der Waals surface area contributed by atoms with Crippen molar-refractivity contribution in [2.24, 2.45) is 7.05 Å². The van der Waals surface area contributed by atoms with E-state index in [9.17, 15) is 0 Å². The first-order valence-electron chi connectivity index (χ1n) is 7.00. The monoisotopic (exact) mass is 290 g/mol. The van der Waals surface area contributed by atoms with Crippen LogP contribution in [-0.4, -0.2) is 35.8 Å². The van der Waals surface area contributed by atoms with E-state index in [-0.39, 0.29) is 6.04 Å². The lowest BCUT2D eigenvalue weighted by Crippen LogP contribution is -2.25. The minimum Gasteiger partial charge on any atom is -0.497 e. The van der Waals surface area contributed by atoms with Gasteiger partial charge in [-0.25, -0.2) is 0 Å². The Morgan fingerprint density at radius 2 is 1.86 bits per heavy atom. The van der Waals surface area contributed by atoms with E-state index < -0.39 is 0 Å². The van der Waals surface area contributed by atoms with Gasteiger partial charge in [0.05, 0.1) is 32.2 Å². The van der Waals surface area contributed by atoms with Crippen molar-refractivity contribution in [3.8, 4) is 11.5 Å². The summed E-state index contributed by atoms with van der Waals surface area (Å²) in [6.07, 6.45) is 2.82. The van der Waals surface area contributed by atoms with Crippen molar-refractivity contribution >= 4 is 0 Å². The van der Waals surface area contributed by atoms with Crippen molar-refractivity contribution in [2.45, 2.75) is 19.4 Å². The molecule has 6 nitrogen and oxygen atoms in total. The van der Waals surface area contributed by atoms with Crippen molar-refractivity contribution < 1.29 is 9.47 Å². The summed E-state index contributed by atoms with van der Waals surface area (Å²) >= 11 is 0. The average Bonchev–Trinajstić information content (AvgIpc) is 2.93. The van der Waals surface area contributed by atoms with E-state index in [0.717, 1.165) is 35.7 Å². The predicted octanol–water partition coefficient (Wildman–Crippen LogP) is 1.92. The van der Waals surface area contributed by atoms with Crippen molar-refractivity contribution in [3.05, 3.63) is 35.7 Å². The van der Waals surface area contributed by atoms with Crippen molar-refractivity contribution in [1.29, 1.82) is 0 Å². The highest BCUT2D eigenvalue weighted by Crippen LogP contribution is 2.29. The van der Waals surface area contributed by atoms with Crippen LogP contribution in [0.1, 0.15) is 30.6 Å². The Hall–Kier alpha value is -2.08. The van der Waals surface area contributed by atoms with Crippen LogP contribution in [0.25, 0.3) is 0 Å². The van der Waals surface area contributed by atoms with Crippen LogP contribution >= 0.6 is 0 Å². The van der Waals surface area contributed by atoms with Gasteiger partial charge in [-0.1, -0.05) is 12.1 Å². The van der Waals surface area contributed by atoms with Gasteiger partial charge in [-0.3, -0.25) is 4.68 Å². The minimum absolute atomic E-state index is 0.00560. The van der Waals surface area contributed by atoms with E-state index in [1.807, 2.05) is 25.2 Å². The molecule has 0 bridgehead atoms. The molecule has 0 fully saturated rings. The maximum Gasteiger partial charge on any atom is 0.122 e. The molecule has 1 N–H and O–H groups in total. The van der Waals surface area contributed by atoms with Crippen LogP contribution in [0.3, 0.4) is 0 Å². The number of nitrogens with one attached hydrogen (secondary N) is 1. The van der Waals surface area contributed by atoms with E-state index in [1.54, 1.807) is 25.1 Å². The number of rotatable bonds is 7. The number of hydrogen-bond acceptors (Lipinski definition) is 5. The van der Waals surface area contributed by atoms with Crippen LogP contribution in [0, 0.1) is 0 Å². The molecule has 0 aliphatic rings. The smallest absolute Gasteiger partial charge is 0.122 e. The first-order chi connectivity index (χ1) is 10.2. The molecular weight excluding hydrogens is 268 g/mol. The molecule has 1 heterocycles. The van der Waals surface area contributed by atoms with E-state index in [2.05, 4.69) is 22.6 Å². The summed E-state index contributed by atoms with van der Waals surface area (Å²) in [5, 5.41) is 11.5. The Balaban J connectivity index is 2.43. The average molecular weight is 290 g/mol. The van der Waals surface area contributed by atoms with Gasteiger partial charge >= 0.3 is 0 Å². The summed E-state index contributed by atoms with van der Waals surface area (Å²) in [6.45, 7) is 3.03. The molecule has 0 spiro atoms. The molecule has 1 aromatic heterocycles. The van der Waals surface area contributed by atoms with Crippen LogP contribution in [-0.2, 0) is 7.05 Å². The summed E-state index contributed by atoms with van der Waals surface area (Å²) in [6, 6.07) is 5.86. The van der Waals surface area contributed by atoms with Crippen LogP contribution < -0.4 is 14.8 Å². The van der Waals surface area contributed by atoms with Gasteiger partial charge in [0, 0.05) is 13.1 Å². The third-order valence-electron chi connectivity index (χ3n) is 3.35. The number of hydrogen-bond donors (Lipinski definition) is 1. The second-order valence-corrected chi connectivity index (χ2v) is 4.82. The molecule has 0 aliphatic heterocycles. The van der Waals surface area contributed by atoms with Crippen molar-refractivity contribution in [1.82, 2.24) is 20.3 Å². The number of benzene rings is 1. The van der Waals surface area contributed by atoms with Gasteiger partial charge in [0.1, 0.15) is 11.5 Å². The summed E-state index contributed by atoms with van der Waals surface area (Å²) in [5.41, 5.74) is 2.06. The fraction of sp³-hybridized carbons (Fsp3) is 0.467. The number of aryl methyl sites for hydroxylation is 1. The quantitative estimate of drug-likeness (QED) is 0.844. The fourth-order valence-electron chi connectivity index (χ4n) is 2.24. The Labute approximate surface area is 125 Å². The molecule has 114 valence electrons. The molecule has 2 aromatic rings. The highest BCUT2D eigenvalue weighted by atomic mass is 16.5. The SMILES string of the molecule is CCCNC(c1cc(OC)cc(OC)c1)c1cnnn1C. The van der Waals surface area contributed by atoms with Gasteiger partial charge in [-0.15, -0.1) is 5.10 Å². The summed E-state index contributed by atoms with van der Waals surface area (Å²) in [5.74, 6) is 1.53. The van der Waals surface area contributed by atoms with E-state index in [1.165, 1.54) is 0 Å². The van der Waals surface area contributed by atoms with Crippen LogP contribution in [0.2, 0.25) is 0 Å². The third kappa shape index (κ3) is 3.52. The molecule has 21 heavy (non-hydrogen) atoms. The largest absolute Gasteiger partial charge is 0.497 e. The van der Waals surface area contributed by atoms with Crippen molar-refractivity contribution in [3.63, 3.8) is 0 Å². The molecule has 1 unspecified atom stereocenters. The number of nitrogens with zero attached hydrogens (tertiary/aromatic N) is 3. The van der Waals surface area contributed by atoms with Gasteiger partial charge in [-0.05, 0) is 30.7 Å². The molecule has 6 heteroatoms. The molecule has 2 rings (SSSR count). The molecule has 1 atom stereocenters. The number of aromatic nitrogens is 3. The maximum atomic E-state index is 5.35. The third-order valence-corrected chi connectivity index (χ3v) is 3.35. The first-order valence-corrected chi connectivity index (χ1v) is 7.00. The van der Waals surface area contributed by atoms with Crippen LogP contribution in [0.4, 0.5) is 0 Å². The van der Waals surface area contributed by atoms with E-state index in [4.69, 9.17) is 9.47 Å². The van der Waals surface area contributed by atoms with Crippen LogP contribution in [0.15, 0.2) is 24.4 Å². The number of methoxy groups -OCH3 is 2. The lowest BCUT2D eigenvalue weighted by Gasteiger charge is -2.20. The van der Waals surface area contributed by atoms with E-state index >= 15 is 0 Å². The highest BCUT2D eigenvalue weighted by molar-refractivity contribution is 5.41. The molecule has 0 amide bonds. The first kappa shape index (κ1) is 15.3. The zero-order valence-electron chi connectivity index (χ0n) is 13.0. The Bertz CT molecular complexity index is 561. The second-order valence-electron chi connectivity index (χ2n) is 4.82. The standard InChI is InChI=1S/C15H22N4O2/c1-5-6-16-15(14-10-17-18-19(14)2)11-7-12(20-3)9-13(8-11)21-4/h7-10,15-16H,5-6H2,1-4H3. The molecule has 0 saturated carbocycles. The number of ether oxygens (including phenoxy) is 2. The van der Waals surface area contributed by atoms with Gasteiger partial charge in [0.25, 0.3) is 0 Å². The summed E-state index contributed by atoms with van der Waals surface area (Å²) in [4.78, 5) is 0. The van der Waals surface area contributed by atoms with Gasteiger partial charge in [0.15, 0.2) is 0 Å². The zero-order chi connectivity index (χ0) is 15.2. The molecule has 0 aliphatic carbocycles. The highest BCUT2D eigenvalue weighted by Gasteiger charge is 2.19. The molecule has 1 aromatic carbocycles. The topological polar surface area (TPSA) is 61.2 Å². The van der Waals surface area contributed by atoms with Gasteiger partial charge in [-0.2, -0.15) is 0 Å². The predicted molar refractivity (Wildman–Crippen MR) is 80.7 cm³/mol. The normalized spacial score (nSPS) is 12.2. The van der Waals surface area contributed by atoms with Crippen molar-refractivity contribution in [2.75, 3.05) is 20.8 Å². The molecule has 0 radical (unpaired) electrons. The summed E-state index contributed by atoms with van der Waals surface area (Å²) in [7, 11) is 5.19.